The molecule has 1 aromatic heterocycles. The van der Waals surface area contributed by atoms with Gasteiger partial charge in [0.15, 0.2) is 0 Å². The molecule has 1 heterocycles. The number of alkyl halides is 3. The zero-order valence-corrected chi connectivity index (χ0v) is 14.0. The van der Waals surface area contributed by atoms with Crippen LogP contribution in [0.5, 0.6) is 0 Å². The molecule has 1 aliphatic carbocycles. The van der Waals surface area contributed by atoms with E-state index in [0.29, 0.717) is 0 Å². The summed E-state index contributed by atoms with van der Waals surface area (Å²) in [4.78, 5) is 12.8. The zero-order valence-electron chi connectivity index (χ0n) is 13.1. The molecule has 1 aromatic carbocycles. The first-order chi connectivity index (χ1) is 11.8. The van der Waals surface area contributed by atoms with Crippen molar-refractivity contribution in [2.45, 2.75) is 24.6 Å². The molecule has 1 saturated carbocycles. The largest absolute Gasteiger partial charge is 0.416 e. The summed E-state index contributed by atoms with van der Waals surface area (Å²) in [5, 5.41) is 17.8. The van der Waals surface area contributed by atoms with E-state index in [0.717, 1.165) is 29.9 Å². The molecule has 3 rings (SSSR count). The second-order valence-corrected chi connectivity index (χ2v) is 7.01. The van der Waals surface area contributed by atoms with Crippen LogP contribution in [0, 0.1) is 5.92 Å². The summed E-state index contributed by atoms with van der Waals surface area (Å²) in [5.41, 5.74) is -1.64. The lowest BCUT2D eigenvalue weighted by Gasteiger charge is -2.27. The highest BCUT2D eigenvalue weighted by Crippen LogP contribution is 2.46. The summed E-state index contributed by atoms with van der Waals surface area (Å²) in [6.07, 6.45) is -2.62. The van der Waals surface area contributed by atoms with Gasteiger partial charge in [-0.1, -0.05) is 6.07 Å². The minimum atomic E-state index is -4.41. The molecular weight excluding hydrogens is 353 g/mol. The first-order valence-electron chi connectivity index (χ1n) is 7.77. The molecule has 25 heavy (non-hydrogen) atoms. The fraction of sp³-hybridized carbons (Fsp3) is 0.353. The standard InChI is InChI=1S/C17H17F3N2O2S/c18-17(19,20)12-5-7-13(8-6-12)22-15(23)21-10-16(24,11-3-4-11)14-2-1-9-25-14/h1-2,5-9,11,24H,3-4,10H2,(H2,21,22,23). The molecule has 2 aromatic rings. The Labute approximate surface area is 146 Å². The summed E-state index contributed by atoms with van der Waals surface area (Å²) in [5.74, 6) is 0.109. The van der Waals surface area contributed by atoms with E-state index in [-0.39, 0.29) is 18.2 Å². The Kier molecular flexibility index (Phi) is 4.75. The van der Waals surface area contributed by atoms with Gasteiger partial charge in [0, 0.05) is 10.6 Å². The minimum Gasteiger partial charge on any atom is -0.382 e. The van der Waals surface area contributed by atoms with Crippen LogP contribution < -0.4 is 10.6 Å². The molecule has 0 bridgehead atoms. The molecule has 1 aliphatic rings. The summed E-state index contributed by atoms with van der Waals surface area (Å²) < 4.78 is 37.6. The number of anilines is 1. The molecule has 8 heteroatoms. The highest BCUT2D eigenvalue weighted by molar-refractivity contribution is 7.10. The van der Waals surface area contributed by atoms with Gasteiger partial charge in [-0.05, 0) is 54.5 Å². The highest BCUT2D eigenvalue weighted by atomic mass is 32.1. The van der Waals surface area contributed by atoms with Crippen LogP contribution in [0.1, 0.15) is 23.3 Å². The predicted molar refractivity (Wildman–Crippen MR) is 89.4 cm³/mol. The van der Waals surface area contributed by atoms with Crippen LogP contribution >= 0.6 is 11.3 Å². The van der Waals surface area contributed by atoms with Crippen molar-refractivity contribution < 1.29 is 23.1 Å². The third-order valence-electron chi connectivity index (χ3n) is 4.19. The van der Waals surface area contributed by atoms with Crippen molar-refractivity contribution in [3.05, 3.63) is 52.2 Å². The van der Waals surface area contributed by atoms with Gasteiger partial charge in [-0.3, -0.25) is 0 Å². The van der Waals surface area contributed by atoms with Crippen LogP contribution in [0.3, 0.4) is 0 Å². The van der Waals surface area contributed by atoms with Gasteiger partial charge < -0.3 is 15.7 Å². The van der Waals surface area contributed by atoms with Crippen molar-refractivity contribution >= 4 is 23.1 Å². The predicted octanol–water partition coefficient (Wildman–Crippen LogP) is 4.19. The van der Waals surface area contributed by atoms with Gasteiger partial charge in [-0.15, -0.1) is 11.3 Å². The lowest BCUT2D eigenvalue weighted by Crippen LogP contribution is -2.43. The van der Waals surface area contributed by atoms with Crippen LogP contribution in [0.15, 0.2) is 41.8 Å². The van der Waals surface area contributed by atoms with Crippen molar-refractivity contribution in [2.24, 2.45) is 5.92 Å². The van der Waals surface area contributed by atoms with Gasteiger partial charge in [-0.25, -0.2) is 4.79 Å². The molecule has 0 radical (unpaired) electrons. The molecule has 1 fully saturated rings. The number of hydrogen-bond donors (Lipinski definition) is 3. The topological polar surface area (TPSA) is 61.4 Å². The second kappa shape index (κ2) is 6.68. The average Bonchev–Trinajstić information content (AvgIpc) is 3.27. The first-order valence-corrected chi connectivity index (χ1v) is 8.65. The van der Waals surface area contributed by atoms with Crippen LogP contribution in [-0.4, -0.2) is 17.7 Å². The Balaban J connectivity index is 1.59. The van der Waals surface area contributed by atoms with Crippen LogP contribution in [0.4, 0.5) is 23.7 Å². The number of aliphatic hydroxyl groups is 1. The number of carbonyl (C=O) groups is 1. The van der Waals surface area contributed by atoms with Crippen molar-refractivity contribution in [3.8, 4) is 0 Å². The molecule has 1 unspecified atom stereocenters. The summed E-state index contributed by atoms with van der Waals surface area (Å²) in [6.45, 7) is 0.0463. The van der Waals surface area contributed by atoms with E-state index in [9.17, 15) is 23.1 Å². The summed E-state index contributed by atoms with van der Waals surface area (Å²) in [7, 11) is 0. The number of halogens is 3. The number of rotatable bonds is 5. The molecular formula is C17H17F3N2O2S. The van der Waals surface area contributed by atoms with Gasteiger partial charge in [0.2, 0.25) is 0 Å². The van der Waals surface area contributed by atoms with E-state index < -0.39 is 23.4 Å². The maximum absolute atomic E-state index is 12.5. The van der Waals surface area contributed by atoms with Gasteiger partial charge in [0.05, 0.1) is 12.1 Å². The van der Waals surface area contributed by atoms with E-state index in [4.69, 9.17) is 0 Å². The first kappa shape index (κ1) is 17.8. The molecule has 1 atom stereocenters. The lowest BCUT2D eigenvalue weighted by molar-refractivity contribution is -0.137. The average molecular weight is 370 g/mol. The van der Waals surface area contributed by atoms with Gasteiger partial charge >= 0.3 is 12.2 Å². The van der Waals surface area contributed by atoms with E-state index in [1.807, 2.05) is 17.5 Å². The van der Waals surface area contributed by atoms with Crippen molar-refractivity contribution in [1.82, 2.24) is 5.32 Å². The quantitative estimate of drug-likeness (QED) is 0.739. The van der Waals surface area contributed by atoms with Gasteiger partial charge in [0.1, 0.15) is 5.60 Å². The van der Waals surface area contributed by atoms with Crippen LogP contribution in [-0.2, 0) is 11.8 Å². The number of thiophene rings is 1. The lowest BCUT2D eigenvalue weighted by atomic mass is 9.96. The summed E-state index contributed by atoms with van der Waals surface area (Å²) in [6, 6.07) is 7.29. The Morgan fingerprint density at radius 3 is 2.40 bits per heavy atom. The zero-order chi connectivity index (χ0) is 18.1. The number of carbonyl (C=O) groups excluding carboxylic acids is 1. The molecule has 4 nitrogen and oxygen atoms in total. The number of nitrogens with one attached hydrogen (secondary N) is 2. The van der Waals surface area contributed by atoms with Crippen molar-refractivity contribution in [1.29, 1.82) is 0 Å². The number of amides is 2. The molecule has 0 saturated heterocycles. The van der Waals surface area contributed by atoms with Crippen molar-refractivity contribution in [3.63, 3.8) is 0 Å². The molecule has 0 spiro atoms. The monoisotopic (exact) mass is 370 g/mol. The number of benzene rings is 1. The number of hydrogen-bond acceptors (Lipinski definition) is 3. The Hall–Kier alpha value is -2.06. The van der Waals surface area contributed by atoms with Crippen LogP contribution in [0.2, 0.25) is 0 Å². The van der Waals surface area contributed by atoms with Crippen molar-refractivity contribution in [2.75, 3.05) is 11.9 Å². The van der Waals surface area contributed by atoms with E-state index in [1.165, 1.54) is 23.5 Å². The van der Waals surface area contributed by atoms with Gasteiger partial charge in [-0.2, -0.15) is 13.2 Å². The molecule has 3 N–H and O–H groups in total. The maximum atomic E-state index is 12.5. The molecule has 2 amide bonds. The van der Waals surface area contributed by atoms with E-state index in [2.05, 4.69) is 10.6 Å². The maximum Gasteiger partial charge on any atom is 0.416 e. The Morgan fingerprint density at radius 1 is 1.20 bits per heavy atom. The highest BCUT2D eigenvalue weighted by Gasteiger charge is 2.46. The van der Waals surface area contributed by atoms with Crippen LogP contribution in [0.25, 0.3) is 0 Å². The third kappa shape index (κ3) is 4.13. The normalized spacial score (nSPS) is 17.0. The summed E-state index contributed by atoms with van der Waals surface area (Å²) >= 11 is 1.43. The SMILES string of the molecule is O=C(NCC(O)(c1cccs1)C1CC1)Nc1ccc(C(F)(F)F)cc1. The Morgan fingerprint density at radius 2 is 1.88 bits per heavy atom. The number of urea groups is 1. The third-order valence-corrected chi connectivity index (χ3v) is 5.23. The molecule has 0 aliphatic heterocycles. The fourth-order valence-corrected chi connectivity index (χ4v) is 3.56. The molecule has 134 valence electrons. The van der Waals surface area contributed by atoms with Gasteiger partial charge in [0.25, 0.3) is 0 Å². The fourth-order valence-electron chi connectivity index (χ4n) is 2.65. The Bertz CT molecular complexity index is 727. The minimum absolute atomic E-state index is 0.0463. The smallest absolute Gasteiger partial charge is 0.382 e. The second-order valence-electron chi connectivity index (χ2n) is 6.06. The van der Waals surface area contributed by atoms with E-state index >= 15 is 0 Å². The van der Waals surface area contributed by atoms with E-state index in [1.54, 1.807) is 0 Å².